The van der Waals surface area contributed by atoms with E-state index in [4.69, 9.17) is 16.9 Å². The number of nitrogens with one attached hydrogen (secondary N) is 1. The average molecular weight is 279 g/mol. The Hall–Kier alpha value is -1.31. The van der Waals surface area contributed by atoms with E-state index < -0.39 is 0 Å². The van der Waals surface area contributed by atoms with Gasteiger partial charge in [0, 0.05) is 6.54 Å². The summed E-state index contributed by atoms with van der Waals surface area (Å²) in [5.41, 5.74) is 0.545. The third-order valence-corrected chi connectivity index (χ3v) is 3.84. The van der Waals surface area contributed by atoms with Crippen LogP contribution in [0.15, 0.2) is 12.1 Å². The molecular weight excluding hydrogens is 260 g/mol. The molecule has 0 saturated carbocycles. The van der Waals surface area contributed by atoms with Gasteiger partial charge in [-0.15, -0.1) is 0 Å². The van der Waals surface area contributed by atoms with Gasteiger partial charge in [0.1, 0.15) is 11.0 Å². The molecule has 0 atom stereocenters. The van der Waals surface area contributed by atoms with Gasteiger partial charge in [0.25, 0.3) is 0 Å². The maximum absolute atomic E-state index is 8.89. The van der Waals surface area contributed by atoms with E-state index in [0.717, 1.165) is 13.1 Å². The molecule has 1 N–H and O–H groups in total. The Labute approximate surface area is 119 Å². The van der Waals surface area contributed by atoms with Crippen molar-refractivity contribution in [3.8, 4) is 6.07 Å². The lowest BCUT2D eigenvalue weighted by Gasteiger charge is -2.31. The van der Waals surface area contributed by atoms with Crippen molar-refractivity contribution < 1.29 is 0 Å². The van der Waals surface area contributed by atoms with Crippen molar-refractivity contribution in [3.05, 3.63) is 22.8 Å². The fraction of sp³-hybridized carbons (Fsp3) is 0.571. The number of piperidine rings is 1. The third kappa shape index (κ3) is 4.09. The molecule has 1 aliphatic heterocycles. The predicted molar refractivity (Wildman–Crippen MR) is 77.3 cm³/mol. The van der Waals surface area contributed by atoms with Gasteiger partial charge in [-0.2, -0.15) is 5.26 Å². The highest BCUT2D eigenvalue weighted by Gasteiger charge is 2.17. The summed E-state index contributed by atoms with van der Waals surface area (Å²) in [6, 6.07) is 5.41. The Morgan fingerprint density at radius 1 is 1.47 bits per heavy atom. The van der Waals surface area contributed by atoms with E-state index in [-0.39, 0.29) is 0 Å². The number of aromatic nitrogens is 1. The topological polar surface area (TPSA) is 52.0 Å². The van der Waals surface area contributed by atoms with E-state index in [1.54, 1.807) is 12.1 Å². The number of pyridine rings is 1. The van der Waals surface area contributed by atoms with Gasteiger partial charge in [-0.25, -0.2) is 4.98 Å². The molecule has 0 radical (unpaired) electrons. The van der Waals surface area contributed by atoms with Crippen molar-refractivity contribution in [2.24, 2.45) is 5.92 Å². The van der Waals surface area contributed by atoms with Gasteiger partial charge in [0.05, 0.1) is 11.6 Å². The van der Waals surface area contributed by atoms with Crippen LogP contribution in [0.1, 0.15) is 25.3 Å². The number of hydrogen-bond donors (Lipinski definition) is 1. The number of rotatable bonds is 4. The quantitative estimate of drug-likeness (QED) is 0.861. The fourth-order valence-corrected chi connectivity index (χ4v) is 2.62. The van der Waals surface area contributed by atoms with Gasteiger partial charge >= 0.3 is 0 Å². The van der Waals surface area contributed by atoms with E-state index in [9.17, 15) is 0 Å². The largest absolute Gasteiger partial charge is 0.370 e. The second-order valence-electron chi connectivity index (χ2n) is 4.93. The summed E-state index contributed by atoms with van der Waals surface area (Å²) < 4.78 is 0. The van der Waals surface area contributed by atoms with Gasteiger partial charge < -0.3 is 10.2 Å². The van der Waals surface area contributed by atoms with E-state index in [2.05, 4.69) is 28.2 Å². The lowest BCUT2D eigenvalue weighted by molar-refractivity contribution is 0.198. The molecule has 2 rings (SSSR count). The molecule has 0 aromatic carbocycles. The molecule has 1 aromatic rings. The van der Waals surface area contributed by atoms with Crippen molar-refractivity contribution >= 4 is 17.4 Å². The summed E-state index contributed by atoms with van der Waals surface area (Å²) in [5.74, 6) is 1.37. The number of nitriles is 1. The minimum absolute atomic E-state index is 0.363. The highest BCUT2D eigenvalue weighted by Crippen LogP contribution is 2.19. The zero-order valence-electron chi connectivity index (χ0n) is 11.2. The summed E-state index contributed by atoms with van der Waals surface area (Å²) in [6.45, 7) is 6.60. The molecule has 0 amide bonds. The van der Waals surface area contributed by atoms with Crippen LogP contribution in [0.2, 0.25) is 5.15 Å². The molecule has 2 heterocycles. The van der Waals surface area contributed by atoms with Crippen LogP contribution in [0.3, 0.4) is 0 Å². The minimum Gasteiger partial charge on any atom is -0.370 e. The van der Waals surface area contributed by atoms with Crippen LogP contribution >= 0.6 is 11.6 Å². The summed E-state index contributed by atoms with van der Waals surface area (Å²) in [7, 11) is 0. The zero-order valence-corrected chi connectivity index (χ0v) is 12.0. The molecule has 0 bridgehead atoms. The Kier molecular flexibility index (Phi) is 5.00. The number of likely N-dealkylation sites (tertiary alicyclic amines) is 1. The van der Waals surface area contributed by atoms with E-state index >= 15 is 0 Å². The second-order valence-corrected chi connectivity index (χ2v) is 5.32. The Morgan fingerprint density at radius 2 is 2.21 bits per heavy atom. The van der Waals surface area contributed by atoms with E-state index in [0.29, 0.717) is 22.5 Å². The minimum atomic E-state index is 0.363. The molecule has 1 aliphatic rings. The number of hydrogen-bond acceptors (Lipinski definition) is 4. The first-order valence-electron chi connectivity index (χ1n) is 6.75. The molecule has 1 aromatic heterocycles. The third-order valence-electron chi connectivity index (χ3n) is 3.65. The van der Waals surface area contributed by atoms with Crippen molar-refractivity contribution in [1.29, 1.82) is 5.26 Å². The van der Waals surface area contributed by atoms with Crippen LogP contribution < -0.4 is 5.32 Å². The van der Waals surface area contributed by atoms with Gasteiger partial charge in [-0.3, -0.25) is 0 Å². The van der Waals surface area contributed by atoms with Crippen molar-refractivity contribution in [2.45, 2.75) is 19.8 Å². The number of nitrogens with zero attached hydrogens (tertiary/aromatic N) is 3. The maximum atomic E-state index is 8.89. The smallest absolute Gasteiger partial charge is 0.132 e. The normalized spacial score (nSPS) is 17.1. The van der Waals surface area contributed by atoms with Gasteiger partial charge in [0.15, 0.2) is 0 Å². The summed E-state index contributed by atoms with van der Waals surface area (Å²) in [4.78, 5) is 6.66. The number of anilines is 1. The first kappa shape index (κ1) is 14.1. The monoisotopic (exact) mass is 278 g/mol. The molecule has 1 saturated heterocycles. The Bertz CT molecular complexity index is 461. The summed E-state index contributed by atoms with van der Waals surface area (Å²) in [6.07, 6.45) is 2.43. The molecule has 0 spiro atoms. The van der Waals surface area contributed by atoms with Crippen LogP contribution in [0, 0.1) is 17.2 Å². The van der Waals surface area contributed by atoms with Gasteiger partial charge in [-0.05, 0) is 50.5 Å². The SMILES string of the molecule is CCN1CCC(CNc2cc(C#N)cc(Cl)n2)CC1. The van der Waals surface area contributed by atoms with Crippen molar-refractivity contribution in [1.82, 2.24) is 9.88 Å². The lowest BCUT2D eigenvalue weighted by Crippen LogP contribution is -2.35. The van der Waals surface area contributed by atoms with Crippen LogP contribution in [0.4, 0.5) is 5.82 Å². The van der Waals surface area contributed by atoms with Crippen LogP contribution in [0.5, 0.6) is 0 Å². The molecule has 19 heavy (non-hydrogen) atoms. The first-order chi connectivity index (χ1) is 9.21. The molecule has 5 heteroatoms. The Balaban J connectivity index is 1.86. The number of halogens is 1. The molecular formula is C14H19ClN4. The zero-order chi connectivity index (χ0) is 13.7. The van der Waals surface area contributed by atoms with E-state index in [1.165, 1.54) is 25.9 Å². The highest BCUT2D eigenvalue weighted by molar-refractivity contribution is 6.29. The molecule has 4 nitrogen and oxygen atoms in total. The summed E-state index contributed by atoms with van der Waals surface area (Å²) in [5, 5.41) is 12.6. The average Bonchev–Trinajstić information content (AvgIpc) is 2.45. The van der Waals surface area contributed by atoms with Gasteiger partial charge in [0.2, 0.25) is 0 Å². The van der Waals surface area contributed by atoms with Crippen molar-refractivity contribution in [3.63, 3.8) is 0 Å². The van der Waals surface area contributed by atoms with E-state index in [1.807, 2.05) is 0 Å². The maximum Gasteiger partial charge on any atom is 0.132 e. The van der Waals surface area contributed by atoms with Crippen LogP contribution in [0.25, 0.3) is 0 Å². The predicted octanol–water partition coefficient (Wildman–Crippen LogP) is 2.75. The fourth-order valence-electron chi connectivity index (χ4n) is 2.41. The second kappa shape index (κ2) is 6.74. The molecule has 0 aliphatic carbocycles. The molecule has 102 valence electrons. The first-order valence-corrected chi connectivity index (χ1v) is 7.13. The highest BCUT2D eigenvalue weighted by atomic mass is 35.5. The van der Waals surface area contributed by atoms with Gasteiger partial charge in [-0.1, -0.05) is 18.5 Å². The summed E-state index contributed by atoms with van der Waals surface area (Å²) >= 11 is 5.88. The van der Waals surface area contributed by atoms with Crippen LogP contribution in [-0.4, -0.2) is 36.1 Å². The lowest BCUT2D eigenvalue weighted by atomic mass is 9.97. The molecule has 1 fully saturated rings. The Morgan fingerprint density at radius 3 is 2.84 bits per heavy atom. The molecule has 0 unspecified atom stereocenters. The standard InChI is InChI=1S/C14H19ClN4/c1-2-19-5-3-11(4-6-19)10-17-14-8-12(9-16)7-13(15)18-14/h7-8,11H,2-6,10H2,1H3,(H,17,18). The van der Waals surface area contributed by atoms with Crippen LogP contribution in [-0.2, 0) is 0 Å². The van der Waals surface area contributed by atoms with Crippen molar-refractivity contribution in [2.75, 3.05) is 31.5 Å².